The molecule has 4 N–H and O–H groups in total. The Morgan fingerprint density at radius 2 is 1.00 bits per heavy atom. The molecule has 0 radical (unpaired) electrons. The summed E-state index contributed by atoms with van der Waals surface area (Å²) in [6.45, 7) is 16.7. The van der Waals surface area contributed by atoms with Crippen molar-refractivity contribution in [2.75, 3.05) is 23.8 Å². The van der Waals surface area contributed by atoms with Crippen LogP contribution < -0.4 is 16.4 Å². The Kier molecular flexibility index (Phi) is 32.8. The SMILES string of the molecule is C.C.CCOC(=O)C1=NS(=O)(=O)c2ccccc2N1.II.NCCc1ccccc1-c1ncco1.O=C(CCCc1ccccc1-c1ncco1)C1=NS(=O)(=O)c2ccccc2N1.[C-]#[N+]Cc1ccccc1-c1ncco1.[C-]#[N+]Cc1ccccc1Br.c1cocn1. The summed E-state index contributed by atoms with van der Waals surface area (Å²) in [5, 5.41) is 5.46. The van der Waals surface area contributed by atoms with Crippen LogP contribution in [0.25, 0.3) is 44.1 Å². The van der Waals surface area contributed by atoms with Crippen LogP contribution in [0.4, 0.5) is 11.4 Å². The molecule has 2 aliphatic heterocycles. The first kappa shape index (κ1) is 75.5. The summed E-state index contributed by atoms with van der Waals surface area (Å²) in [5.74, 6) is 0.184. The molecule has 92 heavy (non-hydrogen) atoms. The average Bonchev–Trinajstić information content (AvgIpc) is 1.27. The summed E-state index contributed by atoms with van der Waals surface area (Å²) in [6.07, 6.45) is 16.1. The number of amidine groups is 2. The van der Waals surface area contributed by atoms with Crippen LogP contribution in [0.1, 0.15) is 56.9 Å². The van der Waals surface area contributed by atoms with Gasteiger partial charge in [-0.05, 0) is 92.4 Å². The number of fused-ring (bicyclic) bond motifs is 2. The minimum Gasteiger partial charge on any atom is -0.460 e. The molecule has 22 nitrogen and oxygen atoms in total. The largest absolute Gasteiger partial charge is 0.460 e. The normalized spacial score (nSPS) is 12.0. The second kappa shape index (κ2) is 40.0. The first-order valence-electron chi connectivity index (χ1n) is 26.9. The Morgan fingerprint density at radius 3 is 1.43 bits per heavy atom. The summed E-state index contributed by atoms with van der Waals surface area (Å²) >= 11 is 7.59. The third kappa shape index (κ3) is 22.7. The quantitative estimate of drug-likeness (QED) is 0.0517. The van der Waals surface area contributed by atoms with Gasteiger partial charge in [0.05, 0.1) is 42.8 Å². The monoisotopic (exact) mass is 1570 g/mol. The summed E-state index contributed by atoms with van der Waals surface area (Å²) in [6, 6.07) is 43.7. The van der Waals surface area contributed by atoms with E-state index < -0.39 is 26.0 Å². The van der Waals surface area contributed by atoms with Gasteiger partial charge >= 0.3 is 5.97 Å². The molecule has 0 atom stereocenters. The molecule has 0 spiro atoms. The molecule has 478 valence electrons. The van der Waals surface area contributed by atoms with Crippen LogP contribution in [0.5, 0.6) is 0 Å². The van der Waals surface area contributed by atoms with Crippen molar-refractivity contribution in [2.24, 2.45) is 14.5 Å². The highest BCUT2D eigenvalue weighted by Crippen LogP contribution is 2.30. The van der Waals surface area contributed by atoms with E-state index in [0.717, 1.165) is 44.3 Å². The van der Waals surface area contributed by atoms with Gasteiger partial charge in [-0.2, -0.15) is 16.8 Å². The number of hydrogen-bond donors (Lipinski definition) is 3. The van der Waals surface area contributed by atoms with Crippen LogP contribution in [-0.2, 0) is 60.3 Å². The summed E-state index contributed by atoms with van der Waals surface area (Å²) in [4.78, 5) is 46.6. The van der Waals surface area contributed by atoms with Crippen LogP contribution in [0.15, 0.2) is 243 Å². The zero-order valence-corrected chi connectivity index (χ0v) is 55.3. The molecule has 0 fully saturated rings. The number of carbonyl (C=O) groups is 2. The van der Waals surface area contributed by atoms with E-state index >= 15 is 0 Å². The lowest BCUT2D eigenvalue weighted by Crippen LogP contribution is -2.30. The number of sulfonamides is 2. The number of hydrogen-bond acceptors (Lipinski definition) is 18. The summed E-state index contributed by atoms with van der Waals surface area (Å²) in [5.41, 5.74) is 13.2. The van der Waals surface area contributed by atoms with Gasteiger partial charge in [0, 0.05) is 75.9 Å². The predicted molar refractivity (Wildman–Crippen MR) is 375 cm³/mol. The van der Waals surface area contributed by atoms with E-state index in [1.54, 1.807) is 74.4 Å². The van der Waals surface area contributed by atoms with Crippen LogP contribution in [0, 0.1) is 13.1 Å². The molecule has 4 aromatic heterocycles. The van der Waals surface area contributed by atoms with E-state index in [4.69, 9.17) is 36.9 Å². The van der Waals surface area contributed by atoms with Gasteiger partial charge in [-0.1, -0.05) is 128 Å². The molecule has 0 unspecified atom stereocenters. The number of esters is 1. The molecule has 6 aromatic carbocycles. The molecule has 10 aromatic rings. The number of carbonyl (C=O) groups excluding carboxylic acids is 2. The lowest BCUT2D eigenvalue weighted by Gasteiger charge is -2.17. The fourth-order valence-corrected chi connectivity index (χ4v) is 10.8. The highest BCUT2D eigenvalue weighted by molar-refractivity contribution is 15.0. The smallest absolute Gasteiger partial charge is 0.375 e. The van der Waals surface area contributed by atoms with Crippen molar-refractivity contribution in [3.63, 3.8) is 0 Å². The molecular formula is C65H64BrI2N11O11S2. The first-order valence-corrected chi connectivity index (χ1v) is 36.8. The molecule has 0 amide bonds. The van der Waals surface area contributed by atoms with E-state index in [1.165, 1.54) is 42.9 Å². The van der Waals surface area contributed by atoms with Crippen molar-refractivity contribution in [1.29, 1.82) is 0 Å². The number of para-hydroxylation sites is 2. The third-order valence-corrected chi connectivity index (χ3v) is 15.5. The second-order valence-corrected chi connectivity index (χ2v) is 22.0. The third-order valence-electron chi connectivity index (χ3n) is 12.1. The van der Waals surface area contributed by atoms with Gasteiger partial charge in [0.2, 0.25) is 36.6 Å². The minimum absolute atomic E-state index is 0. The van der Waals surface area contributed by atoms with Crippen molar-refractivity contribution in [3.05, 3.63) is 251 Å². The maximum Gasteiger partial charge on any atom is 0.375 e. The molecule has 6 heterocycles. The number of benzene rings is 6. The number of halogens is 3. The second-order valence-electron chi connectivity index (χ2n) is 18.0. The molecule has 2 aliphatic rings. The van der Waals surface area contributed by atoms with E-state index in [2.05, 4.69) is 107 Å². The van der Waals surface area contributed by atoms with Gasteiger partial charge < -0.3 is 48.5 Å². The van der Waals surface area contributed by atoms with Crippen molar-refractivity contribution < 1.29 is 48.8 Å². The number of nitrogens with two attached hydrogens (primary N) is 1. The number of aromatic nitrogens is 4. The highest BCUT2D eigenvalue weighted by Gasteiger charge is 2.29. The van der Waals surface area contributed by atoms with Crippen LogP contribution in [-0.4, -0.2) is 73.3 Å². The number of rotatable bonds is 14. The molecule has 27 heteroatoms. The first-order chi connectivity index (χ1) is 43.8. The van der Waals surface area contributed by atoms with E-state index in [1.807, 2.05) is 97.1 Å². The maximum absolute atomic E-state index is 12.5. The Hall–Kier alpha value is -8.98. The van der Waals surface area contributed by atoms with Crippen LogP contribution in [0.2, 0.25) is 0 Å². The van der Waals surface area contributed by atoms with E-state index in [9.17, 15) is 26.4 Å². The van der Waals surface area contributed by atoms with Crippen molar-refractivity contribution in [2.45, 2.75) is 70.3 Å². The van der Waals surface area contributed by atoms with Crippen molar-refractivity contribution in [3.8, 4) is 34.4 Å². The summed E-state index contributed by atoms with van der Waals surface area (Å²) < 4.78 is 81.1. The van der Waals surface area contributed by atoms with Gasteiger partial charge in [-0.3, -0.25) is 4.79 Å². The number of Topliss-reactive ketones (excluding diaryl/α,β-unsaturated/α-hetero) is 1. The number of aryl methyl sites for hydroxylation is 1. The Morgan fingerprint density at radius 1 is 0.576 bits per heavy atom. The lowest BCUT2D eigenvalue weighted by molar-refractivity contribution is -0.135. The average molecular weight is 1570 g/mol. The number of ketones is 1. The Balaban J connectivity index is 0.000000247. The number of oxazole rings is 4. The van der Waals surface area contributed by atoms with Gasteiger partial charge in [0.25, 0.3) is 20.0 Å². The minimum atomic E-state index is -3.87. The molecular weight excluding hydrogens is 1510 g/mol. The zero-order chi connectivity index (χ0) is 64.6. The van der Waals surface area contributed by atoms with E-state index in [-0.39, 0.29) is 55.1 Å². The van der Waals surface area contributed by atoms with Crippen LogP contribution in [0.3, 0.4) is 0 Å². The van der Waals surface area contributed by atoms with Gasteiger partial charge in [-0.25, -0.2) is 37.9 Å². The van der Waals surface area contributed by atoms with Crippen molar-refractivity contribution >= 4 is 108 Å². The molecule has 0 bridgehead atoms. The van der Waals surface area contributed by atoms with E-state index in [0.29, 0.717) is 61.5 Å². The highest BCUT2D eigenvalue weighted by atomic mass is 128. The van der Waals surface area contributed by atoms with Gasteiger partial charge in [0.1, 0.15) is 34.8 Å². The molecule has 12 rings (SSSR count). The number of nitrogens with zero attached hydrogens (tertiary/aromatic N) is 8. The lowest BCUT2D eigenvalue weighted by atomic mass is 10.0. The molecule has 0 aliphatic carbocycles. The standard InChI is InChI=1S/C20H17N3O4S.C11H8N2O.C11H12N2O.C10H10N2O4S.C8H6BrN.C3H3NO.2CH4.I2/c24-17(19-22-16-9-3-4-11-18(16)28(25,26)23-19)10-5-7-14-6-1-2-8-15(14)20-21-12-13-27-20;1-12-8-9-4-2-3-5-10(9)11-13-6-7-14-11;12-6-5-9-3-1-2-4-10(9)11-13-7-8-14-11;1-2-16-10(13)9-11-7-5-3-4-6-8(7)17(14,15)12-9;1-10-6-7-4-2-3-5-8(7)9;1-2-5-3-4-1;;;1-2/h1-4,6,8-9,11-13H,5,7,10H2,(H,22,23);2-7H,8H2;1-4,7-8H,5-6,12H2;3-6H,2H2,1H3,(H,11,12);2-5H,6H2;1-3H;2*1H4;. The number of nitrogens with one attached hydrogen (secondary N) is 2. The Bertz CT molecular complexity index is 4240. The van der Waals surface area contributed by atoms with Crippen LogP contribution >= 0.6 is 53.2 Å². The molecule has 0 saturated carbocycles. The predicted octanol–water partition coefficient (Wildman–Crippen LogP) is 15.4. The maximum atomic E-state index is 12.5. The fourth-order valence-electron chi connectivity index (χ4n) is 8.15. The molecule has 0 saturated heterocycles. The van der Waals surface area contributed by atoms with Crippen molar-refractivity contribution in [1.82, 2.24) is 19.9 Å². The fraction of sp³-hybridized carbons (Fsp3) is 0.169. The zero-order valence-electron chi connectivity index (χ0n) is 47.8. The van der Waals surface area contributed by atoms with Gasteiger partial charge in [0.15, 0.2) is 18.0 Å². The number of ether oxygens (including phenoxy) is 1. The van der Waals surface area contributed by atoms with Gasteiger partial charge in [-0.15, -0.1) is 8.80 Å². The Labute approximate surface area is 566 Å². The summed E-state index contributed by atoms with van der Waals surface area (Å²) in [7, 11) is -7.70. The topological polar surface area (TPSA) is 299 Å². The number of anilines is 2.